The third kappa shape index (κ3) is 5.66. The van der Waals surface area contributed by atoms with Gasteiger partial charge in [-0.05, 0) is 50.3 Å². The van der Waals surface area contributed by atoms with Gasteiger partial charge in [-0.25, -0.2) is 4.98 Å². The molecule has 0 spiro atoms. The fourth-order valence-electron chi connectivity index (χ4n) is 4.12. The van der Waals surface area contributed by atoms with Gasteiger partial charge in [0.2, 0.25) is 5.95 Å². The Morgan fingerprint density at radius 2 is 1.97 bits per heavy atom. The van der Waals surface area contributed by atoms with E-state index >= 15 is 0 Å². The summed E-state index contributed by atoms with van der Waals surface area (Å²) >= 11 is 6.17. The zero-order valence-electron chi connectivity index (χ0n) is 18.1. The van der Waals surface area contributed by atoms with Crippen LogP contribution in [0.25, 0.3) is 11.2 Å². The molecule has 2 heterocycles. The molecule has 3 aromatic rings. The lowest BCUT2D eigenvalue weighted by atomic mass is 9.92. The molecule has 7 nitrogen and oxygen atoms in total. The molecule has 0 radical (unpaired) electrons. The normalized spacial score (nSPS) is 18.9. The summed E-state index contributed by atoms with van der Waals surface area (Å²) in [4.78, 5) is 14.3. The molecule has 166 valence electrons. The molecule has 4 N–H and O–H groups in total. The maximum Gasteiger partial charge on any atom is 0.227 e. The first-order chi connectivity index (χ1) is 15.1. The summed E-state index contributed by atoms with van der Waals surface area (Å²) in [7, 11) is 0. The van der Waals surface area contributed by atoms with Crippen LogP contribution in [0.1, 0.15) is 58.3 Å². The minimum atomic E-state index is 0.311. The first-order valence-corrected chi connectivity index (χ1v) is 11.8. The maximum atomic E-state index is 6.17. The number of nitrogens with zero attached hydrogens (tertiary/aromatic N) is 4. The van der Waals surface area contributed by atoms with E-state index in [4.69, 9.17) is 27.3 Å². The van der Waals surface area contributed by atoms with Crippen molar-refractivity contribution >= 4 is 40.2 Å². The van der Waals surface area contributed by atoms with Gasteiger partial charge in [0.25, 0.3) is 0 Å². The van der Waals surface area contributed by atoms with Gasteiger partial charge in [0.15, 0.2) is 17.0 Å². The largest absolute Gasteiger partial charge is 0.351 e. The van der Waals surface area contributed by atoms with Crippen LogP contribution in [-0.2, 0) is 6.54 Å². The topological polar surface area (TPSA) is 93.7 Å². The molecule has 0 atom stereocenters. The van der Waals surface area contributed by atoms with E-state index in [-0.39, 0.29) is 0 Å². The standard InChI is InChI=1S/C23H32ClN7/c1-2-3-4-5-13-31-15-26-20-21(27-19-8-6-7-16(24)14-19)29-23(30-22(20)31)28-18-11-9-17(25)10-12-18/h6-8,14-15,17-18H,2-5,9-13,25H2,1H3,(H2,27,28,29,30). The highest BCUT2D eigenvalue weighted by molar-refractivity contribution is 6.30. The van der Waals surface area contributed by atoms with Gasteiger partial charge < -0.3 is 20.9 Å². The monoisotopic (exact) mass is 441 g/mol. The van der Waals surface area contributed by atoms with Gasteiger partial charge in [0.05, 0.1) is 6.33 Å². The predicted molar refractivity (Wildman–Crippen MR) is 128 cm³/mol. The second-order valence-electron chi connectivity index (χ2n) is 8.46. The van der Waals surface area contributed by atoms with Crippen LogP contribution < -0.4 is 16.4 Å². The molecule has 0 saturated heterocycles. The van der Waals surface area contributed by atoms with Crippen LogP contribution in [0.3, 0.4) is 0 Å². The van der Waals surface area contributed by atoms with Crippen molar-refractivity contribution in [1.82, 2.24) is 19.5 Å². The number of unbranched alkanes of at least 4 members (excludes halogenated alkanes) is 3. The average Bonchev–Trinajstić information content (AvgIpc) is 3.16. The van der Waals surface area contributed by atoms with Gasteiger partial charge in [-0.3, -0.25) is 0 Å². The van der Waals surface area contributed by atoms with Crippen molar-refractivity contribution < 1.29 is 0 Å². The van der Waals surface area contributed by atoms with Crippen molar-refractivity contribution in [2.75, 3.05) is 10.6 Å². The summed E-state index contributed by atoms with van der Waals surface area (Å²) in [5.41, 5.74) is 8.57. The SMILES string of the molecule is CCCCCCn1cnc2c(Nc3cccc(Cl)c3)nc(NC3CCC(N)CC3)nc21. The Labute approximate surface area is 188 Å². The fraction of sp³-hybridized carbons (Fsp3) is 0.522. The van der Waals surface area contributed by atoms with Crippen molar-refractivity contribution in [3.8, 4) is 0 Å². The number of aromatic nitrogens is 4. The second-order valence-corrected chi connectivity index (χ2v) is 8.89. The van der Waals surface area contributed by atoms with Crippen LogP contribution in [0.2, 0.25) is 5.02 Å². The quantitative estimate of drug-likeness (QED) is 0.380. The summed E-state index contributed by atoms with van der Waals surface area (Å²) in [6.45, 7) is 3.13. The third-order valence-electron chi connectivity index (χ3n) is 5.91. The number of fused-ring (bicyclic) bond motifs is 1. The molecule has 1 aromatic carbocycles. The summed E-state index contributed by atoms with van der Waals surface area (Å²) in [5.74, 6) is 1.32. The number of benzene rings is 1. The number of nitrogens with two attached hydrogens (primary N) is 1. The van der Waals surface area contributed by atoms with Crippen LogP contribution in [0, 0.1) is 0 Å². The molecule has 0 aliphatic heterocycles. The summed E-state index contributed by atoms with van der Waals surface area (Å²) in [6, 6.07) is 8.28. The minimum absolute atomic E-state index is 0.311. The predicted octanol–water partition coefficient (Wildman–Crippen LogP) is 5.49. The van der Waals surface area contributed by atoms with E-state index in [9.17, 15) is 0 Å². The summed E-state index contributed by atoms with van der Waals surface area (Å²) in [6.07, 6.45) is 10.8. The van der Waals surface area contributed by atoms with Crippen LogP contribution in [0.4, 0.5) is 17.5 Å². The molecule has 0 amide bonds. The van der Waals surface area contributed by atoms with E-state index in [1.165, 1.54) is 19.3 Å². The van der Waals surface area contributed by atoms with E-state index in [0.717, 1.165) is 55.5 Å². The molecular formula is C23H32ClN7. The number of hydrogen-bond donors (Lipinski definition) is 3. The third-order valence-corrected chi connectivity index (χ3v) is 6.14. The van der Waals surface area contributed by atoms with Crippen LogP contribution in [-0.4, -0.2) is 31.6 Å². The van der Waals surface area contributed by atoms with E-state index in [1.807, 2.05) is 30.6 Å². The summed E-state index contributed by atoms with van der Waals surface area (Å²) < 4.78 is 2.14. The van der Waals surface area contributed by atoms with E-state index in [0.29, 0.717) is 28.9 Å². The second kappa shape index (κ2) is 10.3. The first-order valence-electron chi connectivity index (χ1n) is 11.4. The lowest BCUT2D eigenvalue weighted by Gasteiger charge is -2.26. The number of hydrogen-bond acceptors (Lipinski definition) is 6. The number of nitrogens with one attached hydrogen (secondary N) is 2. The van der Waals surface area contributed by atoms with Crippen LogP contribution in [0.5, 0.6) is 0 Å². The van der Waals surface area contributed by atoms with Crippen LogP contribution >= 0.6 is 11.6 Å². The molecule has 2 aromatic heterocycles. The Hall–Kier alpha value is -2.38. The summed E-state index contributed by atoms with van der Waals surface area (Å²) in [5, 5.41) is 7.61. The minimum Gasteiger partial charge on any atom is -0.351 e. The molecule has 31 heavy (non-hydrogen) atoms. The molecular weight excluding hydrogens is 410 g/mol. The Balaban J connectivity index is 1.62. The van der Waals surface area contributed by atoms with Gasteiger partial charge in [-0.2, -0.15) is 9.97 Å². The van der Waals surface area contributed by atoms with Crippen molar-refractivity contribution in [3.05, 3.63) is 35.6 Å². The highest BCUT2D eigenvalue weighted by Gasteiger charge is 2.21. The number of rotatable bonds is 9. The molecule has 1 saturated carbocycles. The van der Waals surface area contributed by atoms with Crippen molar-refractivity contribution in [3.63, 3.8) is 0 Å². The Kier molecular flexibility index (Phi) is 7.25. The Bertz CT molecular complexity index is 995. The van der Waals surface area contributed by atoms with Gasteiger partial charge in [0, 0.05) is 29.3 Å². The highest BCUT2D eigenvalue weighted by atomic mass is 35.5. The lowest BCUT2D eigenvalue weighted by Crippen LogP contribution is -2.33. The number of aryl methyl sites for hydroxylation is 1. The molecule has 0 bridgehead atoms. The lowest BCUT2D eigenvalue weighted by molar-refractivity contribution is 0.410. The van der Waals surface area contributed by atoms with Gasteiger partial charge in [-0.15, -0.1) is 0 Å². The van der Waals surface area contributed by atoms with E-state index in [1.54, 1.807) is 0 Å². The fourth-order valence-corrected chi connectivity index (χ4v) is 4.31. The first kappa shape index (κ1) is 21.8. The van der Waals surface area contributed by atoms with Gasteiger partial charge in [-0.1, -0.05) is 43.9 Å². The number of anilines is 3. The van der Waals surface area contributed by atoms with Gasteiger partial charge in [0.1, 0.15) is 0 Å². The molecule has 0 unspecified atom stereocenters. The van der Waals surface area contributed by atoms with Crippen molar-refractivity contribution in [1.29, 1.82) is 0 Å². The molecule has 1 fully saturated rings. The van der Waals surface area contributed by atoms with Crippen molar-refractivity contribution in [2.24, 2.45) is 5.73 Å². The highest BCUT2D eigenvalue weighted by Crippen LogP contribution is 2.27. The number of halogens is 1. The molecule has 1 aliphatic rings. The van der Waals surface area contributed by atoms with Crippen LogP contribution in [0.15, 0.2) is 30.6 Å². The maximum absolute atomic E-state index is 6.17. The van der Waals surface area contributed by atoms with E-state index < -0.39 is 0 Å². The van der Waals surface area contributed by atoms with Gasteiger partial charge >= 0.3 is 0 Å². The Morgan fingerprint density at radius 1 is 1.13 bits per heavy atom. The molecule has 8 heteroatoms. The van der Waals surface area contributed by atoms with Crippen molar-refractivity contribution in [2.45, 2.75) is 76.9 Å². The smallest absolute Gasteiger partial charge is 0.227 e. The average molecular weight is 442 g/mol. The number of imidazole rings is 1. The Morgan fingerprint density at radius 3 is 2.74 bits per heavy atom. The zero-order valence-corrected chi connectivity index (χ0v) is 18.9. The zero-order chi connectivity index (χ0) is 21.6. The molecule has 1 aliphatic carbocycles. The van der Waals surface area contributed by atoms with E-state index in [2.05, 4.69) is 27.1 Å². The molecule has 4 rings (SSSR count).